The quantitative estimate of drug-likeness (QED) is 0.735. The van der Waals surface area contributed by atoms with Crippen LogP contribution in [0.2, 0.25) is 0 Å². The fourth-order valence-electron chi connectivity index (χ4n) is 2.85. The molecule has 0 radical (unpaired) electrons. The molecule has 1 aliphatic rings. The summed E-state index contributed by atoms with van der Waals surface area (Å²) in [5.74, 6) is 0.457. The predicted octanol–water partition coefficient (Wildman–Crippen LogP) is 2.58. The number of rotatable bonds is 6. The number of nitrogens with two attached hydrogens (primary N) is 1. The Labute approximate surface area is 151 Å². The number of thiazole rings is 1. The van der Waals surface area contributed by atoms with Crippen LogP contribution in [-0.2, 0) is 6.42 Å². The van der Waals surface area contributed by atoms with Gasteiger partial charge in [-0.2, -0.15) is 0 Å². The van der Waals surface area contributed by atoms with Crippen molar-refractivity contribution in [2.75, 3.05) is 11.9 Å². The van der Waals surface area contributed by atoms with Crippen LogP contribution in [0.5, 0.6) is 5.75 Å². The Kier molecular flexibility index (Phi) is 6.01. The molecule has 6 nitrogen and oxygen atoms in total. The summed E-state index contributed by atoms with van der Waals surface area (Å²) < 4.78 is 5.86. The molecule has 25 heavy (non-hydrogen) atoms. The Morgan fingerprint density at radius 3 is 2.80 bits per heavy atom. The van der Waals surface area contributed by atoms with E-state index in [-0.39, 0.29) is 12.0 Å². The standard InChI is InChI=1S/C18H23N3O3S/c19-10-9-17-21-14(11-25-17)18(23)20-12-5-7-13(8-6-12)24-16-4-2-1-3-15(16)22/h5-8,11,15-16,22H,1-4,9-10,19H2,(H,20,23). The van der Waals surface area contributed by atoms with Gasteiger partial charge in [0.2, 0.25) is 0 Å². The van der Waals surface area contributed by atoms with Crippen molar-refractivity contribution in [1.29, 1.82) is 0 Å². The largest absolute Gasteiger partial charge is 0.488 e. The Balaban J connectivity index is 1.57. The first-order chi connectivity index (χ1) is 12.2. The average Bonchev–Trinajstić information content (AvgIpc) is 3.08. The molecule has 1 aliphatic carbocycles. The lowest BCUT2D eigenvalue weighted by molar-refractivity contribution is 0.00688. The topological polar surface area (TPSA) is 97.5 Å². The molecule has 134 valence electrons. The first-order valence-corrected chi connectivity index (χ1v) is 9.44. The van der Waals surface area contributed by atoms with Gasteiger partial charge in [0, 0.05) is 17.5 Å². The molecule has 0 aliphatic heterocycles. The van der Waals surface area contributed by atoms with Gasteiger partial charge in [0.1, 0.15) is 17.5 Å². The molecule has 2 atom stereocenters. The minimum absolute atomic E-state index is 0.148. The van der Waals surface area contributed by atoms with Crippen molar-refractivity contribution in [3.63, 3.8) is 0 Å². The number of hydrogen-bond acceptors (Lipinski definition) is 6. The van der Waals surface area contributed by atoms with Gasteiger partial charge in [0.05, 0.1) is 11.1 Å². The van der Waals surface area contributed by atoms with E-state index in [1.165, 1.54) is 11.3 Å². The number of ether oxygens (including phenoxy) is 1. The van der Waals surface area contributed by atoms with E-state index in [0.717, 1.165) is 30.7 Å². The number of carbonyl (C=O) groups excluding carboxylic acids is 1. The minimum atomic E-state index is -0.402. The molecular formula is C18H23N3O3S. The molecule has 3 rings (SSSR count). The van der Waals surface area contributed by atoms with E-state index in [0.29, 0.717) is 30.1 Å². The Bertz CT molecular complexity index is 702. The van der Waals surface area contributed by atoms with E-state index in [9.17, 15) is 9.90 Å². The summed E-state index contributed by atoms with van der Waals surface area (Å²) in [5, 5.41) is 15.4. The third kappa shape index (κ3) is 4.78. The van der Waals surface area contributed by atoms with Crippen LogP contribution < -0.4 is 15.8 Å². The molecule has 0 saturated heterocycles. The number of nitrogens with zero attached hydrogens (tertiary/aromatic N) is 1. The Hall–Kier alpha value is -1.96. The van der Waals surface area contributed by atoms with Gasteiger partial charge in [-0.1, -0.05) is 6.42 Å². The van der Waals surface area contributed by atoms with Crippen molar-refractivity contribution in [2.24, 2.45) is 5.73 Å². The lowest BCUT2D eigenvalue weighted by Gasteiger charge is -2.28. The van der Waals surface area contributed by atoms with Crippen molar-refractivity contribution in [2.45, 2.75) is 44.3 Å². The van der Waals surface area contributed by atoms with Gasteiger partial charge in [0.25, 0.3) is 5.91 Å². The SMILES string of the molecule is NCCc1nc(C(=O)Nc2ccc(OC3CCCCC3O)cc2)cs1. The molecule has 2 aromatic rings. The minimum Gasteiger partial charge on any atom is -0.488 e. The second-order valence-corrected chi connectivity index (χ2v) is 7.09. The summed E-state index contributed by atoms with van der Waals surface area (Å²) in [4.78, 5) is 16.5. The summed E-state index contributed by atoms with van der Waals surface area (Å²) in [6, 6.07) is 7.18. The first-order valence-electron chi connectivity index (χ1n) is 8.56. The monoisotopic (exact) mass is 361 g/mol. The fraction of sp³-hybridized carbons (Fsp3) is 0.444. The highest BCUT2D eigenvalue weighted by atomic mass is 32.1. The number of nitrogens with one attached hydrogen (secondary N) is 1. The third-order valence-corrected chi connectivity index (χ3v) is 5.12. The van der Waals surface area contributed by atoms with E-state index in [1.807, 2.05) is 0 Å². The maximum atomic E-state index is 12.2. The second kappa shape index (κ2) is 8.42. The number of amides is 1. The molecule has 1 aromatic heterocycles. The van der Waals surface area contributed by atoms with Gasteiger partial charge in [-0.25, -0.2) is 4.98 Å². The number of carbonyl (C=O) groups is 1. The highest BCUT2D eigenvalue weighted by Gasteiger charge is 2.24. The van der Waals surface area contributed by atoms with E-state index in [4.69, 9.17) is 10.5 Å². The summed E-state index contributed by atoms with van der Waals surface area (Å²) in [7, 11) is 0. The Morgan fingerprint density at radius 1 is 1.32 bits per heavy atom. The van der Waals surface area contributed by atoms with Crippen LogP contribution in [-0.4, -0.2) is 34.8 Å². The van der Waals surface area contributed by atoms with Crippen molar-refractivity contribution in [1.82, 2.24) is 4.98 Å². The molecule has 4 N–H and O–H groups in total. The van der Waals surface area contributed by atoms with E-state index in [2.05, 4.69) is 10.3 Å². The van der Waals surface area contributed by atoms with Gasteiger partial charge >= 0.3 is 0 Å². The number of aliphatic hydroxyl groups excluding tert-OH is 1. The van der Waals surface area contributed by atoms with Gasteiger partial charge < -0.3 is 20.9 Å². The van der Waals surface area contributed by atoms with E-state index in [1.54, 1.807) is 29.6 Å². The van der Waals surface area contributed by atoms with Crippen LogP contribution in [0.1, 0.15) is 41.2 Å². The lowest BCUT2D eigenvalue weighted by Crippen LogP contribution is -2.34. The van der Waals surface area contributed by atoms with Crippen LogP contribution in [0.15, 0.2) is 29.6 Å². The number of benzene rings is 1. The average molecular weight is 361 g/mol. The molecular weight excluding hydrogens is 338 g/mol. The molecule has 0 spiro atoms. The normalized spacial score (nSPS) is 20.2. The molecule has 7 heteroatoms. The maximum absolute atomic E-state index is 12.2. The predicted molar refractivity (Wildman–Crippen MR) is 98.2 cm³/mol. The Morgan fingerprint density at radius 2 is 2.08 bits per heavy atom. The van der Waals surface area contributed by atoms with Crippen molar-refractivity contribution in [3.8, 4) is 5.75 Å². The van der Waals surface area contributed by atoms with Crippen molar-refractivity contribution < 1.29 is 14.6 Å². The summed E-state index contributed by atoms with van der Waals surface area (Å²) in [6.45, 7) is 0.520. The third-order valence-electron chi connectivity index (χ3n) is 4.21. The van der Waals surface area contributed by atoms with E-state index >= 15 is 0 Å². The molecule has 1 fully saturated rings. The van der Waals surface area contributed by atoms with Gasteiger partial charge in [-0.15, -0.1) is 11.3 Å². The summed E-state index contributed by atoms with van der Waals surface area (Å²) in [5.41, 5.74) is 6.58. The number of anilines is 1. The second-order valence-electron chi connectivity index (χ2n) is 6.15. The smallest absolute Gasteiger partial charge is 0.275 e. The van der Waals surface area contributed by atoms with Crippen molar-refractivity contribution in [3.05, 3.63) is 40.3 Å². The lowest BCUT2D eigenvalue weighted by atomic mass is 9.95. The maximum Gasteiger partial charge on any atom is 0.275 e. The molecule has 0 bridgehead atoms. The zero-order chi connectivity index (χ0) is 17.6. The number of aliphatic hydroxyl groups is 1. The van der Waals surface area contributed by atoms with Crippen LogP contribution in [0, 0.1) is 0 Å². The van der Waals surface area contributed by atoms with Crippen LogP contribution in [0.3, 0.4) is 0 Å². The first kappa shape index (κ1) is 17.8. The van der Waals surface area contributed by atoms with Gasteiger partial charge in [0.15, 0.2) is 0 Å². The zero-order valence-corrected chi connectivity index (χ0v) is 14.8. The zero-order valence-electron chi connectivity index (χ0n) is 14.0. The number of aromatic nitrogens is 1. The van der Waals surface area contributed by atoms with Crippen molar-refractivity contribution >= 4 is 22.9 Å². The molecule has 1 aromatic carbocycles. The molecule has 1 amide bonds. The van der Waals surface area contributed by atoms with Crippen LogP contribution >= 0.6 is 11.3 Å². The van der Waals surface area contributed by atoms with Gasteiger partial charge in [-0.3, -0.25) is 4.79 Å². The molecule has 1 heterocycles. The van der Waals surface area contributed by atoms with Gasteiger partial charge in [-0.05, 0) is 50.1 Å². The number of hydrogen-bond donors (Lipinski definition) is 3. The fourth-order valence-corrected chi connectivity index (χ4v) is 3.65. The molecule has 1 saturated carbocycles. The summed E-state index contributed by atoms with van der Waals surface area (Å²) in [6.07, 6.45) is 3.92. The van der Waals surface area contributed by atoms with E-state index < -0.39 is 6.10 Å². The highest BCUT2D eigenvalue weighted by molar-refractivity contribution is 7.09. The molecule has 2 unspecified atom stereocenters. The van der Waals surface area contributed by atoms with Crippen LogP contribution in [0.25, 0.3) is 0 Å². The summed E-state index contributed by atoms with van der Waals surface area (Å²) >= 11 is 1.44. The highest BCUT2D eigenvalue weighted by Crippen LogP contribution is 2.25. The van der Waals surface area contributed by atoms with Crippen LogP contribution in [0.4, 0.5) is 5.69 Å².